The highest BCUT2D eigenvalue weighted by Gasteiger charge is 2.33. The Hall–Kier alpha value is -1.46. The molecule has 0 amide bonds. The van der Waals surface area contributed by atoms with E-state index < -0.39 is 11.8 Å². The van der Waals surface area contributed by atoms with Gasteiger partial charge in [0.25, 0.3) is 0 Å². The molecule has 86 valence electrons. The van der Waals surface area contributed by atoms with Crippen LogP contribution in [-0.4, -0.2) is 31.3 Å². The minimum Gasteiger partial charge on any atom is -0.465 e. The Morgan fingerprint density at radius 3 is 2.75 bits per heavy atom. The summed E-state index contributed by atoms with van der Waals surface area (Å²) in [7, 11) is 1.33. The molecular formula is C11H13NO4. The summed E-state index contributed by atoms with van der Waals surface area (Å²) in [6.07, 6.45) is 3.07. The molecule has 0 saturated carbocycles. The van der Waals surface area contributed by atoms with E-state index in [2.05, 4.69) is 9.72 Å². The van der Waals surface area contributed by atoms with Crippen LogP contribution >= 0.6 is 0 Å². The largest absolute Gasteiger partial charge is 0.465 e. The van der Waals surface area contributed by atoms with E-state index in [0.29, 0.717) is 24.3 Å². The lowest BCUT2D eigenvalue weighted by molar-refractivity contribution is -0.149. The molecule has 1 saturated heterocycles. The predicted molar refractivity (Wildman–Crippen MR) is 54.8 cm³/mol. The molecule has 1 aromatic rings. The molecule has 0 aliphatic carbocycles. The molecule has 5 nitrogen and oxygen atoms in total. The van der Waals surface area contributed by atoms with Gasteiger partial charge in [0.1, 0.15) is 0 Å². The fourth-order valence-corrected chi connectivity index (χ4v) is 1.60. The third-order valence-corrected chi connectivity index (χ3v) is 2.52. The highest BCUT2D eigenvalue weighted by Crippen LogP contribution is 2.30. The van der Waals surface area contributed by atoms with E-state index in [0.717, 1.165) is 0 Å². The number of esters is 1. The third-order valence-electron chi connectivity index (χ3n) is 2.52. The van der Waals surface area contributed by atoms with E-state index in [4.69, 9.17) is 9.47 Å². The zero-order chi connectivity index (χ0) is 11.6. The monoisotopic (exact) mass is 223 g/mol. The van der Waals surface area contributed by atoms with Crippen molar-refractivity contribution >= 4 is 5.97 Å². The molecule has 1 aromatic heterocycles. The summed E-state index contributed by atoms with van der Waals surface area (Å²) < 4.78 is 15.6. The van der Waals surface area contributed by atoms with Crippen molar-refractivity contribution in [2.24, 2.45) is 0 Å². The Bertz CT molecular complexity index is 399. The van der Waals surface area contributed by atoms with E-state index in [1.54, 1.807) is 19.2 Å². The summed E-state index contributed by atoms with van der Waals surface area (Å²) in [4.78, 5) is 15.3. The maximum atomic E-state index is 11.3. The van der Waals surface area contributed by atoms with E-state index in [9.17, 15) is 4.79 Å². The smallest absolute Gasteiger partial charge is 0.339 e. The quantitative estimate of drug-likeness (QED) is 0.702. The molecule has 0 N–H and O–H groups in total. The molecular weight excluding hydrogens is 210 g/mol. The number of ether oxygens (including phenoxy) is 3. The topological polar surface area (TPSA) is 57.7 Å². The van der Waals surface area contributed by atoms with Crippen LogP contribution in [0, 0.1) is 0 Å². The molecule has 2 rings (SSSR count). The van der Waals surface area contributed by atoms with Gasteiger partial charge in [0.2, 0.25) is 0 Å². The molecule has 2 heterocycles. The highest BCUT2D eigenvalue weighted by molar-refractivity contribution is 5.89. The lowest BCUT2D eigenvalue weighted by Crippen LogP contribution is -2.23. The van der Waals surface area contributed by atoms with Crippen molar-refractivity contribution in [1.29, 1.82) is 0 Å². The zero-order valence-corrected chi connectivity index (χ0v) is 9.23. The fraction of sp³-hybridized carbons (Fsp3) is 0.455. The van der Waals surface area contributed by atoms with Crippen molar-refractivity contribution in [2.45, 2.75) is 12.7 Å². The Morgan fingerprint density at radius 1 is 1.44 bits per heavy atom. The summed E-state index contributed by atoms with van der Waals surface area (Å²) in [5.74, 6) is -1.23. The van der Waals surface area contributed by atoms with Gasteiger partial charge >= 0.3 is 5.97 Å². The van der Waals surface area contributed by atoms with Crippen LogP contribution in [0.1, 0.15) is 22.8 Å². The van der Waals surface area contributed by atoms with Crippen molar-refractivity contribution in [3.05, 3.63) is 29.6 Å². The van der Waals surface area contributed by atoms with Crippen LogP contribution in [0.4, 0.5) is 0 Å². The number of hydrogen-bond acceptors (Lipinski definition) is 5. The third kappa shape index (κ3) is 1.91. The molecule has 1 aliphatic heterocycles. The number of hydrogen-bond donors (Lipinski definition) is 0. The van der Waals surface area contributed by atoms with Crippen molar-refractivity contribution in [3.8, 4) is 0 Å². The lowest BCUT2D eigenvalue weighted by atomic mass is 10.1. The predicted octanol–water partition coefficient (Wildman–Crippen LogP) is 1.09. The van der Waals surface area contributed by atoms with Crippen LogP contribution in [0.5, 0.6) is 0 Å². The molecule has 0 spiro atoms. The molecule has 5 heteroatoms. The van der Waals surface area contributed by atoms with Gasteiger partial charge in [0, 0.05) is 18.0 Å². The van der Waals surface area contributed by atoms with Gasteiger partial charge in [0.05, 0.1) is 25.9 Å². The molecule has 0 radical (unpaired) electrons. The number of carbonyl (C=O) groups excluding carboxylic acids is 1. The van der Waals surface area contributed by atoms with Crippen LogP contribution in [0.3, 0.4) is 0 Å². The Kier molecular flexibility index (Phi) is 2.89. The number of nitrogens with zero attached hydrogens (tertiary/aromatic N) is 1. The van der Waals surface area contributed by atoms with Crippen molar-refractivity contribution in [1.82, 2.24) is 4.98 Å². The van der Waals surface area contributed by atoms with E-state index in [1.807, 2.05) is 0 Å². The van der Waals surface area contributed by atoms with Gasteiger partial charge < -0.3 is 14.2 Å². The van der Waals surface area contributed by atoms with Crippen molar-refractivity contribution in [2.75, 3.05) is 20.3 Å². The first-order chi connectivity index (χ1) is 7.65. The number of carbonyl (C=O) groups is 1. The average molecular weight is 223 g/mol. The van der Waals surface area contributed by atoms with Gasteiger partial charge in [-0.15, -0.1) is 0 Å². The molecule has 0 bridgehead atoms. The number of aromatic nitrogens is 1. The van der Waals surface area contributed by atoms with E-state index in [1.165, 1.54) is 13.3 Å². The number of rotatable bonds is 2. The summed E-state index contributed by atoms with van der Waals surface area (Å²) >= 11 is 0. The zero-order valence-electron chi connectivity index (χ0n) is 9.23. The van der Waals surface area contributed by atoms with Crippen LogP contribution in [-0.2, 0) is 20.0 Å². The second kappa shape index (κ2) is 4.19. The first-order valence-corrected chi connectivity index (χ1v) is 4.97. The summed E-state index contributed by atoms with van der Waals surface area (Å²) in [6, 6.07) is 1.67. The standard InChI is InChI=1S/C11H13NO4/c1-11(15-3-4-16-11)9-5-8(6-12-7-9)10(13)14-2/h5-7H,3-4H2,1-2H3. The lowest BCUT2D eigenvalue weighted by Gasteiger charge is -2.22. The van der Waals surface area contributed by atoms with Crippen molar-refractivity contribution < 1.29 is 19.0 Å². The average Bonchev–Trinajstić information content (AvgIpc) is 2.77. The molecule has 0 atom stereocenters. The van der Waals surface area contributed by atoms with Gasteiger partial charge in [0.15, 0.2) is 5.79 Å². The van der Waals surface area contributed by atoms with Crippen molar-refractivity contribution in [3.63, 3.8) is 0 Å². The molecule has 0 aromatic carbocycles. The van der Waals surface area contributed by atoms with Gasteiger partial charge in [-0.05, 0) is 13.0 Å². The van der Waals surface area contributed by atoms with E-state index in [-0.39, 0.29) is 0 Å². The molecule has 0 unspecified atom stereocenters. The molecule has 1 aliphatic rings. The molecule has 16 heavy (non-hydrogen) atoms. The Labute approximate surface area is 93.3 Å². The number of pyridine rings is 1. The maximum Gasteiger partial charge on any atom is 0.339 e. The Morgan fingerprint density at radius 2 is 2.12 bits per heavy atom. The fourth-order valence-electron chi connectivity index (χ4n) is 1.60. The first-order valence-electron chi connectivity index (χ1n) is 4.97. The van der Waals surface area contributed by atoms with Gasteiger partial charge in [-0.1, -0.05) is 0 Å². The van der Waals surface area contributed by atoms with Crippen LogP contribution in [0.2, 0.25) is 0 Å². The normalized spacial score (nSPS) is 18.4. The first kappa shape index (κ1) is 11.0. The summed E-state index contributed by atoms with van der Waals surface area (Å²) in [6.45, 7) is 2.88. The summed E-state index contributed by atoms with van der Waals surface area (Å²) in [5, 5.41) is 0. The van der Waals surface area contributed by atoms with E-state index >= 15 is 0 Å². The van der Waals surface area contributed by atoms with Crippen LogP contribution in [0.25, 0.3) is 0 Å². The maximum absolute atomic E-state index is 11.3. The second-order valence-electron chi connectivity index (χ2n) is 3.60. The van der Waals surface area contributed by atoms with Crippen LogP contribution < -0.4 is 0 Å². The van der Waals surface area contributed by atoms with Gasteiger partial charge in [-0.25, -0.2) is 4.79 Å². The SMILES string of the molecule is COC(=O)c1cncc(C2(C)OCCO2)c1. The summed E-state index contributed by atoms with van der Waals surface area (Å²) in [5.41, 5.74) is 1.10. The Balaban J connectivity index is 2.32. The van der Waals surface area contributed by atoms with Crippen LogP contribution in [0.15, 0.2) is 18.5 Å². The van der Waals surface area contributed by atoms with Gasteiger partial charge in [-0.3, -0.25) is 4.98 Å². The highest BCUT2D eigenvalue weighted by atomic mass is 16.7. The molecule has 1 fully saturated rings. The van der Waals surface area contributed by atoms with Gasteiger partial charge in [-0.2, -0.15) is 0 Å². The minimum absolute atomic E-state index is 0.389. The minimum atomic E-state index is -0.809. The second-order valence-corrected chi connectivity index (χ2v) is 3.60. The number of methoxy groups -OCH3 is 1.